The van der Waals surface area contributed by atoms with Crippen molar-refractivity contribution < 1.29 is 28.6 Å². The first-order chi connectivity index (χ1) is 40.0. The van der Waals surface area contributed by atoms with Gasteiger partial charge in [-0.2, -0.15) is 0 Å². The molecule has 470 valence electrons. The highest BCUT2D eigenvalue weighted by molar-refractivity contribution is 5.72. The Hall–Kier alpha value is -3.15. The van der Waals surface area contributed by atoms with Crippen molar-refractivity contribution in [2.75, 3.05) is 13.2 Å². The van der Waals surface area contributed by atoms with Gasteiger partial charge in [0, 0.05) is 12.8 Å². The van der Waals surface area contributed by atoms with E-state index in [9.17, 15) is 14.4 Å². The van der Waals surface area contributed by atoms with Gasteiger partial charge in [0.2, 0.25) is 0 Å². The van der Waals surface area contributed by atoms with Gasteiger partial charge in [0.05, 0.1) is 6.42 Å². The van der Waals surface area contributed by atoms with Gasteiger partial charge in [-0.1, -0.05) is 351 Å². The minimum absolute atomic E-state index is 0.0978. The van der Waals surface area contributed by atoms with Gasteiger partial charge in [0.1, 0.15) is 13.2 Å². The summed E-state index contributed by atoms with van der Waals surface area (Å²) in [6.07, 6.45) is 91.3. The zero-order chi connectivity index (χ0) is 58.5. The molecule has 0 aliphatic carbocycles. The van der Waals surface area contributed by atoms with E-state index in [1.807, 2.05) is 6.08 Å². The quantitative estimate of drug-likeness (QED) is 0.0261. The number of allylic oxidation sites excluding steroid dienone is 11. The molecule has 0 fully saturated rings. The Bertz CT molecular complexity index is 1490. The maximum absolute atomic E-state index is 12.8. The van der Waals surface area contributed by atoms with Gasteiger partial charge in [0.25, 0.3) is 0 Å². The second-order valence-corrected chi connectivity index (χ2v) is 23.8. The van der Waals surface area contributed by atoms with Gasteiger partial charge in [-0.3, -0.25) is 14.4 Å². The molecule has 0 aromatic rings. The van der Waals surface area contributed by atoms with Crippen molar-refractivity contribution in [3.8, 4) is 0 Å². The van der Waals surface area contributed by atoms with E-state index in [1.54, 1.807) is 6.08 Å². The molecule has 81 heavy (non-hydrogen) atoms. The summed E-state index contributed by atoms with van der Waals surface area (Å²) in [6.45, 7) is 6.48. The molecular formula is C75H134O6. The molecule has 0 aromatic heterocycles. The van der Waals surface area contributed by atoms with Crippen LogP contribution < -0.4 is 0 Å². The van der Waals surface area contributed by atoms with Crippen LogP contribution in [0.1, 0.15) is 367 Å². The molecule has 0 N–H and O–H groups in total. The van der Waals surface area contributed by atoms with Crippen molar-refractivity contribution in [2.24, 2.45) is 0 Å². The van der Waals surface area contributed by atoms with E-state index in [0.29, 0.717) is 12.8 Å². The first-order valence-corrected chi connectivity index (χ1v) is 35.4. The fraction of sp³-hybridized carbons (Fsp3) is 0.800. The average molecular weight is 1130 g/mol. The number of ether oxygens (including phenoxy) is 3. The molecule has 0 amide bonds. The van der Waals surface area contributed by atoms with Crippen LogP contribution in [0.5, 0.6) is 0 Å². The molecule has 1 unspecified atom stereocenters. The molecule has 1 atom stereocenters. The van der Waals surface area contributed by atoms with Crippen molar-refractivity contribution in [3.63, 3.8) is 0 Å². The molecule has 0 spiro atoms. The zero-order valence-corrected chi connectivity index (χ0v) is 54.1. The smallest absolute Gasteiger partial charge is 0.310 e. The Morgan fingerprint density at radius 3 is 0.802 bits per heavy atom. The van der Waals surface area contributed by atoms with Crippen LogP contribution in [0, 0.1) is 0 Å². The summed E-state index contributed by atoms with van der Waals surface area (Å²) in [5, 5.41) is 0. The van der Waals surface area contributed by atoms with Crippen LogP contribution in [0.25, 0.3) is 0 Å². The SMILES string of the molecule is CC/C=C\C/C=C\C/C=C\C/C=C\C/C=C\CC(=O)OC(COC(=O)CCCCCCC/C=C\CCCCCCCC)COC(=O)CCCCCCCCCCCCCCCCCCCCCCCCCCCCCCCCCCC. The minimum atomic E-state index is -0.833. The molecule has 0 saturated carbocycles. The third-order valence-electron chi connectivity index (χ3n) is 15.7. The summed E-state index contributed by atoms with van der Waals surface area (Å²) >= 11 is 0. The molecule has 0 aliphatic heterocycles. The summed E-state index contributed by atoms with van der Waals surface area (Å²) in [7, 11) is 0. The van der Waals surface area contributed by atoms with E-state index in [4.69, 9.17) is 14.2 Å². The Morgan fingerprint density at radius 1 is 0.272 bits per heavy atom. The van der Waals surface area contributed by atoms with Crippen molar-refractivity contribution >= 4 is 17.9 Å². The lowest BCUT2D eigenvalue weighted by molar-refractivity contribution is -0.166. The summed E-state index contributed by atoms with van der Waals surface area (Å²) in [4.78, 5) is 38.3. The molecular weight excluding hydrogens is 997 g/mol. The third kappa shape index (κ3) is 67.5. The maximum atomic E-state index is 12.8. The van der Waals surface area contributed by atoms with Gasteiger partial charge >= 0.3 is 17.9 Å². The van der Waals surface area contributed by atoms with Crippen LogP contribution in [0.2, 0.25) is 0 Å². The normalized spacial score (nSPS) is 12.5. The third-order valence-corrected chi connectivity index (χ3v) is 15.7. The van der Waals surface area contributed by atoms with E-state index in [0.717, 1.165) is 83.5 Å². The number of unbranched alkanes of at least 4 members (excludes halogenated alkanes) is 43. The van der Waals surface area contributed by atoms with E-state index in [-0.39, 0.29) is 31.6 Å². The van der Waals surface area contributed by atoms with E-state index in [1.165, 1.54) is 244 Å². The van der Waals surface area contributed by atoms with Crippen molar-refractivity contribution in [2.45, 2.75) is 374 Å². The lowest BCUT2D eigenvalue weighted by atomic mass is 10.0. The van der Waals surface area contributed by atoms with Crippen LogP contribution >= 0.6 is 0 Å². The zero-order valence-electron chi connectivity index (χ0n) is 54.1. The molecule has 0 saturated heterocycles. The van der Waals surface area contributed by atoms with E-state index >= 15 is 0 Å². The monoisotopic (exact) mass is 1130 g/mol. The van der Waals surface area contributed by atoms with Crippen molar-refractivity contribution in [1.82, 2.24) is 0 Å². The molecule has 0 heterocycles. The topological polar surface area (TPSA) is 78.9 Å². The largest absolute Gasteiger partial charge is 0.462 e. The highest BCUT2D eigenvalue weighted by Gasteiger charge is 2.19. The minimum Gasteiger partial charge on any atom is -0.462 e. The summed E-state index contributed by atoms with van der Waals surface area (Å²) in [5.74, 6) is -1.04. The Balaban J connectivity index is 4.17. The molecule has 6 heteroatoms. The van der Waals surface area contributed by atoms with Gasteiger partial charge < -0.3 is 14.2 Å². The average Bonchev–Trinajstić information content (AvgIpc) is 3.47. The van der Waals surface area contributed by atoms with Gasteiger partial charge in [0.15, 0.2) is 6.10 Å². The number of carbonyl (C=O) groups is 3. The molecule has 6 nitrogen and oxygen atoms in total. The second-order valence-electron chi connectivity index (χ2n) is 23.8. The lowest BCUT2D eigenvalue weighted by Gasteiger charge is -2.18. The summed E-state index contributed by atoms with van der Waals surface area (Å²) < 4.78 is 16.8. The summed E-state index contributed by atoms with van der Waals surface area (Å²) in [5.41, 5.74) is 0. The Morgan fingerprint density at radius 2 is 0.519 bits per heavy atom. The Kier molecular flexibility index (Phi) is 66.6. The van der Waals surface area contributed by atoms with Crippen LogP contribution in [0.3, 0.4) is 0 Å². The Labute approximate surface area is 503 Å². The van der Waals surface area contributed by atoms with Crippen LogP contribution in [0.4, 0.5) is 0 Å². The van der Waals surface area contributed by atoms with Gasteiger partial charge in [-0.25, -0.2) is 0 Å². The number of rotatable bonds is 65. The predicted molar refractivity (Wildman–Crippen MR) is 353 cm³/mol. The van der Waals surface area contributed by atoms with Crippen molar-refractivity contribution in [3.05, 3.63) is 72.9 Å². The van der Waals surface area contributed by atoms with E-state index < -0.39 is 12.1 Å². The summed E-state index contributed by atoms with van der Waals surface area (Å²) in [6, 6.07) is 0. The molecule has 0 bridgehead atoms. The van der Waals surface area contributed by atoms with Gasteiger partial charge in [-0.15, -0.1) is 0 Å². The fourth-order valence-electron chi connectivity index (χ4n) is 10.5. The predicted octanol–water partition coefficient (Wildman–Crippen LogP) is 24.4. The lowest BCUT2D eigenvalue weighted by Crippen LogP contribution is -2.30. The number of hydrogen-bond donors (Lipinski definition) is 0. The maximum Gasteiger partial charge on any atom is 0.310 e. The fourth-order valence-corrected chi connectivity index (χ4v) is 10.5. The standard InChI is InChI=1S/C75H134O6/c1-4-7-10-13-16-19-22-25-28-29-30-31-32-33-34-35-36-37-38-39-40-41-42-43-44-45-48-50-53-56-59-62-65-68-74(77)80-71-72(81-75(78)69-66-63-60-57-54-51-47-27-24-21-18-15-12-9-6-3)70-79-73(76)67-64-61-58-55-52-49-46-26-23-20-17-14-11-8-5-2/h9,12,18,21,26-27,46-47,54,57,63,66,72H,4-8,10-11,13-17,19-20,22-25,28-45,48-53,55-56,58-62,64-65,67-71H2,1-3H3/b12-9-,21-18-,46-26-,47-27-,57-54-,66-63-. The second kappa shape index (κ2) is 69.3. The number of hydrogen-bond acceptors (Lipinski definition) is 6. The number of esters is 3. The molecule has 0 aromatic carbocycles. The number of carbonyl (C=O) groups excluding carboxylic acids is 3. The molecule has 0 rings (SSSR count). The highest BCUT2D eigenvalue weighted by Crippen LogP contribution is 2.18. The molecule has 0 aliphatic rings. The van der Waals surface area contributed by atoms with Crippen LogP contribution in [-0.2, 0) is 28.6 Å². The first-order valence-electron chi connectivity index (χ1n) is 35.4. The highest BCUT2D eigenvalue weighted by atomic mass is 16.6. The van der Waals surface area contributed by atoms with Crippen molar-refractivity contribution in [1.29, 1.82) is 0 Å². The van der Waals surface area contributed by atoms with E-state index in [2.05, 4.69) is 81.5 Å². The van der Waals surface area contributed by atoms with Crippen LogP contribution in [-0.4, -0.2) is 37.2 Å². The van der Waals surface area contributed by atoms with Crippen LogP contribution in [0.15, 0.2) is 72.9 Å². The molecule has 0 radical (unpaired) electrons. The first kappa shape index (κ1) is 77.9. The van der Waals surface area contributed by atoms with Gasteiger partial charge in [-0.05, 0) is 70.6 Å².